The van der Waals surface area contributed by atoms with E-state index in [-0.39, 0.29) is 5.56 Å². The Balaban J connectivity index is 3.23. The Morgan fingerprint density at radius 1 is 1.78 bits per heavy atom. The molecule has 1 rings (SSSR count). The first kappa shape index (κ1) is 5.75. The summed E-state index contributed by atoms with van der Waals surface area (Å²) in [7, 11) is 0. The number of hydrogen-bond acceptors (Lipinski definition) is 2. The van der Waals surface area contributed by atoms with E-state index in [0.717, 1.165) is 0 Å². The molecule has 0 atom stereocenters. The molecule has 0 spiro atoms. The van der Waals surface area contributed by atoms with Gasteiger partial charge in [0.15, 0.2) is 0 Å². The Morgan fingerprint density at radius 3 is 3.00 bits per heavy atom. The second kappa shape index (κ2) is 2.26. The standard InChI is InChI=1S/C6H6N2O/c1-2-5-7-4-3-6(9)8-5/h2-4H,1H2,(H,7,8,9). The summed E-state index contributed by atoms with van der Waals surface area (Å²) in [4.78, 5) is 16.8. The van der Waals surface area contributed by atoms with Crippen LogP contribution in [0.1, 0.15) is 5.82 Å². The number of hydrogen-bond donors (Lipinski definition) is 1. The third-order valence-corrected chi connectivity index (χ3v) is 0.884. The molecule has 0 radical (unpaired) electrons. The van der Waals surface area contributed by atoms with Crippen molar-refractivity contribution in [3.05, 3.63) is 35.0 Å². The highest BCUT2D eigenvalue weighted by molar-refractivity contribution is 5.34. The van der Waals surface area contributed by atoms with Gasteiger partial charge >= 0.3 is 0 Å². The maximum Gasteiger partial charge on any atom is 0.251 e. The van der Waals surface area contributed by atoms with E-state index in [0.29, 0.717) is 5.82 Å². The molecule has 1 heterocycles. The molecule has 0 aliphatic carbocycles. The molecule has 0 aliphatic heterocycles. The highest BCUT2D eigenvalue weighted by atomic mass is 16.1. The number of rotatable bonds is 1. The third kappa shape index (κ3) is 1.25. The third-order valence-electron chi connectivity index (χ3n) is 0.884. The molecular weight excluding hydrogens is 116 g/mol. The van der Waals surface area contributed by atoms with Gasteiger partial charge in [-0.05, 0) is 6.08 Å². The summed E-state index contributed by atoms with van der Waals surface area (Å²) in [6.45, 7) is 3.44. The average molecular weight is 122 g/mol. The van der Waals surface area contributed by atoms with Crippen LogP contribution >= 0.6 is 0 Å². The van der Waals surface area contributed by atoms with Gasteiger partial charge < -0.3 is 4.98 Å². The van der Waals surface area contributed by atoms with Crippen molar-refractivity contribution in [3.8, 4) is 0 Å². The van der Waals surface area contributed by atoms with Gasteiger partial charge in [0, 0.05) is 12.3 Å². The predicted molar refractivity (Wildman–Crippen MR) is 34.9 cm³/mol. The smallest absolute Gasteiger partial charge is 0.251 e. The van der Waals surface area contributed by atoms with Crippen LogP contribution in [0.4, 0.5) is 0 Å². The quantitative estimate of drug-likeness (QED) is 0.586. The van der Waals surface area contributed by atoms with Crippen molar-refractivity contribution < 1.29 is 0 Å². The topological polar surface area (TPSA) is 45.8 Å². The molecule has 9 heavy (non-hydrogen) atoms. The van der Waals surface area contributed by atoms with Crippen LogP contribution in [-0.2, 0) is 0 Å². The first-order valence-electron chi connectivity index (χ1n) is 2.50. The number of aromatic amines is 1. The Kier molecular flexibility index (Phi) is 1.44. The minimum absolute atomic E-state index is 0.153. The summed E-state index contributed by atoms with van der Waals surface area (Å²) >= 11 is 0. The molecule has 0 aromatic carbocycles. The summed E-state index contributed by atoms with van der Waals surface area (Å²) < 4.78 is 0. The lowest BCUT2D eigenvalue weighted by Crippen LogP contribution is -2.05. The average Bonchev–Trinajstić information content (AvgIpc) is 1.88. The van der Waals surface area contributed by atoms with E-state index in [9.17, 15) is 4.79 Å². The molecule has 0 saturated heterocycles. The van der Waals surface area contributed by atoms with Crippen LogP contribution in [0.3, 0.4) is 0 Å². The lowest BCUT2D eigenvalue weighted by Gasteiger charge is -1.86. The van der Waals surface area contributed by atoms with Crippen LogP contribution in [0, 0.1) is 0 Å². The first-order chi connectivity index (χ1) is 4.33. The molecule has 3 nitrogen and oxygen atoms in total. The van der Waals surface area contributed by atoms with E-state index in [1.54, 1.807) is 0 Å². The molecule has 0 amide bonds. The molecule has 46 valence electrons. The van der Waals surface area contributed by atoms with Crippen molar-refractivity contribution >= 4 is 6.08 Å². The van der Waals surface area contributed by atoms with Gasteiger partial charge in [0.2, 0.25) is 0 Å². The molecule has 0 bridgehead atoms. The maximum atomic E-state index is 10.5. The Bertz CT molecular complexity index is 264. The van der Waals surface area contributed by atoms with Crippen LogP contribution in [0.25, 0.3) is 6.08 Å². The van der Waals surface area contributed by atoms with E-state index in [1.807, 2.05) is 0 Å². The fourth-order valence-electron chi connectivity index (χ4n) is 0.489. The maximum absolute atomic E-state index is 10.5. The van der Waals surface area contributed by atoms with E-state index in [1.165, 1.54) is 18.3 Å². The van der Waals surface area contributed by atoms with Crippen molar-refractivity contribution in [2.24, 2.45) is 0 Å². The Hall–Kier alpha value is -1.38. The minimum atomic E-state index is -0.153. The molecule has 0 unspecified atom stereocenters. The minimum Gasteiger partial charge on any atom is -0.307 e. The van der Waals surface area contributed by atoms with Gasteiger partial charge in [0.1, 0.15) is 5.82 Å². The van der Waals surface area contributed by atoms with E-state index in [4.69, 9.17) is 0 Å². The van der Waals surface area contributed by atoms with Crippen molar-refractivity contribution in [2.75, 3.05) is 0 Å². The lowest BCUT2D eigenvalue weighted by atomic mass is 10.5. The van der Waals surface area contributed by atoms with Gasteiger partial charge in [0.25, 0.3) is 5.56 Å². The van der Waals surface area contributed by atoms with Crippen molar-refractivity contribution in [2.45, 2.75) is 0 Å². The van der Waals surface area contributed by atoms with Crippen molar-refractivity contribution in [3.63, 3.8) is 0 Å². The Morgan fingerprint density at radius 2 is 2.56 bits per heavy atom. The van der Waals surface area contributed by atoms with Crippen molar-refractivity contribution in [1.82, 2.24) is 9.97 Å². The lowest BCUT2D eigenvalue weighted by molar-refractivity contribution is 1.09. The summed E-state index contributed by atoms with van der Waals surface area (Å²) in [5.74, 6) is 0.502. The highest BCUT2D eigenvalue weighted by Gasteiger charge is 1.83. The van der Waals surface area contributed by atoms with Crippen LogP contribution < -0.4 is 5.56 Å². The van der Waals surface area contributed by atoms with Gasteiger partial charge in [-0.2, -0.15) is 0 Å². The molecule has 1 aromatic rings. The second-order valence-corrected chi connectivity index (χ2v) is 1.52. The van der Waals surface area contributed by atoms with E-state index >= 15 is 0 Å². The predicted octanol–water partition coefficient (Wildman–Crippen LogP) is 0.413. The van der Waals surface area contributed by atoms with Crippen LogP contribution in [0.15, 0.2) is 23.6 Å². The Labute approximate surface area is 52.1 Å². The zero-order valence-electron chi connectivity index (χ0n) is 4.79. The zero-order valence-corrected chi connectivity index (χ0v) is 4.79. The zero-order chi connectivity index (χ0) is 6.69. The molecule has 1 aromatic heterocycles. The SMILES string of the molecule is C=Cc1nccc(=O)[nH]1. The van der Waals surface area contributed by atoms with Gasteiger partial charge in [-0.15, -0.1) is 0 Å². The fraction of sp³-hybridized carbons (Fsp3) is 0. The normalized spacial score (nSPS) is 8.89. The number of H-pyrrole nitrogens is 1. The largest absolute Gasteiger partial charge is 0.307 e. The van der Waals surface area contributed by atoms with Crippen LogP contribution in [0.5, 0.6) is 0 Å². The van der Waals surface area contributed by atoms with Gasteiger partial charge in [-0.1, -0.05) is 6.58 Å². The van der Waals surface area contributed by atoms with Crippen LogP contribution in [-0.4, -0.2) is 9.97 Å². The van der Waals surface area contributed by atoms with E-state index in [2.05, 4.69) is 16.5 Å². The highest BCUT2D eigenvalue weighted by Crippen LogP contribution is 1.81. The summed E-state index contributed by atoms with van der Waals surface area (Å²) in [6, 6.07) is 1.35. The first-order valence-corrected chi connectivity index (χ1v) is 2.50. The molecule has 3 heteroatoms. The second-order valence-electron chi connectivity index (χ2n) is 1.52. The van der Waals surface area contributed by atoms with E-state index < -0.39 is 0 Å². The number of aromatic nitrogens is 2. The molecule has 0 aliphatic rings. The summed E-state index contributed by atoms with van der Waals surface area (Å²) in [5, 5.41) is 0. The van der Waals surface area contributed by atoms with Crippen LogP contribution in [0.2, 0.25) is 0 Å². The number of nitrogens with zero attached hydrogens (tertiary/aromatic N) is 1. The monoisotopic (exact) mass is 122 g/mol. The summed E-state index contributed by atoms with van der Waals surface area (Å²) in [6.07, 6.45) is 2.93. The molecule has 0 saturated carbocycles. The number of nitrogens with one attached hydrogen (secondary N) is 1. The molecule has 0 fully saturated rings. The van der Waals surface area contributed by atoms with Gasteiger partial charge in [0.05, 0.1) is 0 Å². The van der Waals surface area contributed by atoms with Gasteiger partial charge in [-0.25, -0.2) is 4.98 Å². The summed E-state index contributed by atoms with van der Waals surface area (Å²) in [5.41, 5.74) is -0.153. The molecular formula is C6H6N2O. The fourth-order valence-corrected chi connectivity index (χ4v) is 0.489. The van der Waals surface area contributed by atoms with Crippen molar-refractivity contribution in [1.29, 1.82) is 0 Å². The van der Waals surface area contributed by atoms with Gasteiger partial charge in [-0.3, -0.25) is 4.79 Å². The molecule has 1 N–H and O–H groups in total.